The number of aromatic nitrogens is 2. The van der Waals surface area contributed by atoms with Crippen molar-refractivity contribution in [3.05, 3.63) is 41.5 Å². The van der Waals surface area contributed by atoms with Gasteiger partial charge in [0.2, 0.25) is 0 Å². The Bertz CT molecular complexity index is 793. The van der Waals surface area contributed by atoms with E-state index in [9.17, 15) is 0 Å². The number of aromatic amines is 1. The summed E-state index contributed by atoms with van der Waals surface area (Å²) in [6.45, 7) is 5.37. The van der Waals surface area contributed by atoms with Crippen molar-refractivity contribution in [2.24, 2.45) is 0 Å². The van der Waals surface area contributed by atoms with E-state index in [2.05, 4.69) is 37.0 Å². The number of fused-ring (bicyclic) bond motifs is 2. The van der Waals surface area contributed by atoms with E-state index in [0.717, 1.165) is 33.9 Å². The smallest absolute Gasteiger partial charge is 0.163 e. The summed E-state index contributed by atoms with van der Waals surface area (Å²) >= 11 is 0. The van der Waals surface area contributed by atoms with Gasteiger partial charge in [-0.1, -0.05) is 17.7 Å². The average molecular weight is 280 g/mol. The molecule has 21 heavy (non-hydrogen) atoms. The van der Waals surface area contributed by atoms with Gasteiger partial charge in [-0.2, -0.15) is 0 Å². The van der Waals surface area contributed by atoms with Crippen LogP contribution in [0.5, 0.6) is 11.5 Å². The van der Waals surface area contributed by atoms with Crippen molar-refractivity contribution in [3.63, 3.8) is 0 Å². The molecule has 0 aliphatic carbocycles. The third-order valence-corrected chi connectivity index (χ3v) is 3.79. The van der Waals surface area contributed by atoms with Gasteiger partial charge in [0, 0.05) is 17.7 Å². The first kappa shape index (κ1) is 12.3. The minimum absolute atomic E-state index is 0.590. The molecule has 2 aromatic carbocycles. The second-order valence-corrected chi connectivity index (χ2v) is 5.42. The summed E-state index contributed by atoms with van der Waals surface area (Å²) in [5.74, 6) is 2.44. The summed E-state index contributed by atoms with van der Waals surface area (Å²) in [5.41, 5.74) is 5.43. The molecule has 4 rings (SSSR count). The van der Waals surface area contributed by atoms with Crippen molar-refractivity contribution in [2.45, 2.75) is 13.8 Å². The van der Waals surface area contributed by atoms with Crippen molar-refractivity contribution in [2.75, 3.05) is 13.2 Å². The van der Waals surface area contributed by atoms with Crippen LogP contribution in [0.1, 0.15) is 11.1 Å². The fourth-order valence-electron chi connectivity index (χ4n) is 2.67. The maximum atomic E-state index is 5.62. The van der Waals surface area contributed by atoms with Crippen molar-refractivity contribution in [1.82, 2.24) is 9.97 Å². The molecule has 4 nitrogen and oxygen atoms in total. The number of benzene rings is 2. The zero-order valence-electron chi connectivity index (χ0n) is 12.1. The van der Waals surface area contributed by atoms with E-state index in [4.69, 9.17) is 14.5 Å². The number of rotatable bonds is 1. The van der Waals surface area contributed by atoms with Gasteiger partial charge >= 0.3 is 0 Å². The molecule has 1 aliphatic heterocycles. The molecule has 0 radical (unpaired) electrons. The van der Waals surface area contributed by atoms with Crippen LogP contribution in [0.4, 0.5) is 0 Å². The molecule has 1 N–H and O–H groups in total. The number of hydrogen-bond acceptors (Lipinski definition) is 3. The minimum Gasteiger partial charge on any atom is -0.486 e. The van der Waals surface area contributed by atoms with Crippen LogP contribution in [-0.2, 0) is 0 Å². The Balaban J connectivity index is 1.88. The van der Waals surface area contributed by atoms with Gasteiger partial charge in [-0.25, -0.2) is 4.98 Å². The van der Waals surface area contributed by atoms with Gasteiger partial charge in [0.05, 0.1) is 11.0 Å². The molecular weight excluding hydrogens is 264 g/mol. The van der Waals surface area contributed by atoms with E-state index in [1.807, 2.05) is 12.1 Å². The van der Waals surface area contributed by atoms with E-state index < -0.39 is 0 Å². The predicted molar refractivity (Wildman–Crippen MR) is 82.0 cm³/mol. The Labute approximate surface area is 122 Å². The van der Waals surface area contributed by atoms with E-state index in [0.29, 0.717) is 13.2 Å². The SMILES string of the molecule is Cc1ccc(C)c(-c2nc3cc4c(cc3[nH]2)OCCO4)c1. The van der Waals surface area contributed by atoms with E-state index in [1.165, 1.54) is 11.1 Å². The van der Waals surface area contributed by atoms with Crippen molar-refractivity contribution >= 4 is 11.0 Å². The van der Waals surface area contributed by atoms with Gasteiger partial charge in [-0.15, -0.1) is 0 Å². The Morgan fingerprint density at radius 1 is 1.00 bits per heavy atom. The number of nitrogens with zero attached hydrogens (tertiary/aromatic N) is 1. The standard InChI is InChI=1S/C17H16N2O2/c1-10-3-4-11(2)12(7-10)17-18-13-8-15-16(9-14(13)19-17)21-6-5-20-15/h3-4,7-9H,5-6H2,1-2H3,(H,18,19). The normalized spacial score (nSPS) is 13.6. The number of H-pyrrole nitrogens is 1. The van der Waals surface area contributed by atoms with Crippen LogP contribution >= 0.6 is 0 Å². The maximum absolute atomic E-state index is 5.62. The summed E-state index contributed by atoms with van der Waals surface area (Å²) < 4.78 is 11.2. The first-order chi connectivity index (χ1) is 10.2. The van der Waals surface area contributed by atoms with Crippen LogP contribution < -0.4 is 9.47 Å². The van der Waals surface area contributed by atoms with E-state index in [-0.39, 0.29) is 0 Å². The molecule has 106 valence electrons. The molecule has 1 aromatic heterocycles. The lowest BCUT2D eigenvalue weighted by molar-refractivity contribution is 0.172. The number of nitrogens with one attached hydrogen (secondary N) is 1. The second kappa shape index (κ2) is 4.52. The number of ether oxygens (including phenoxy) is 2. The van der Waals surface area contributed by atoms with Gasteiger partial charge in [0.15, 0.2) is 11.5 Å². The van der Waals surface area contributed by atoms with Crippen molar-refractivity contribution < 1.29 is 9.47 Å². The van der Waals surface area contributed by atoms with E-state index in [1.54, 1.807) is 0 Å². The largest absolute Gasteiger partial charge is 0.486 e. The van der Waals surface area contributed by atoms with Crippen molar-refractivity contribution in [1.29, 1.82) is 0 Å². The van der Waals surface area contributed by atoms with Gasteiger partial charge in [0.1, 0.15) is 19.0 Å². The van der Waals surface area contributed by atoms with Crippen LogP contribution in [0.15, 0.2) is 30.3 Å². The molecule has 3 aromatic rings. The number of aryl methyl sites for hydroxylation is 2. The number of hydrogen-bond donors (Lipinski definition) is 1. The summed E-state index contributed by atoms with van der Waals surface area (Å²) in [6.07, 6.45) is 0. The van der Waals surface area contributed by atoms with Gasteiger partial charge in [-0.05, 0) is 25.5 Å². The molecule has 0 saturated heterocycles. The molecule has 0 atom stereocenters. The molecule has 0 fully saturated rings. The van der Waals surface area contributed by atoms with Gasteiger partial charge < -0.3 is 14.5 Å². The molecule has 0 bridgehead atoms. The quantitative estimate of drug-likeness (QED) is 0.740. The fraction of sp³-hybridized carbons (Fsp3) is 0.235. The summed E-state index contributed by atoms with van der Waals surface area (Å²) in [6, 6.07) is 10.3. The molecule has 0 spiro atoms. The Kier molecular flexibility index (Phi) is 2.64. The number of imidazole rings is 1. The monoisotopic (exact) mass is 280 g/mol. The summed E-state index contributed by atoms with van der Waals surface area (Å²) in [4.78, 5) is 8.09. The van der Waals surface area contributed by atoms with Crippen molar-refractivity contribution in [3.8, 4) is 22.9 Å². The molecule has 0 amide bonds. The lowest BCUT2D eigenvalue weighted by Crippen LogP contribution is -2.15. The average Bonchev–Trinajstić information content (AvgIpc) is 2.89. The second-order valence-electron chi connectivity index (χ2n) is 5.42. The third-order valence-electron chi connectivity index (χ3n) is 3.79. The lowest BCUT2D eigenvalue weighted by atomic mass is 10.1. The highest BCUT2D eigenvalue weighted by atomic mass is 16.6. The first-order valence-corrected chi connectivity index (χ1v) is 7.08. The summed E-state index contributed by atoms with van der Waals surface area (Å²) in [5, 5.41) is 0. The Morgan fingerprint density at radius 2 is 1.76 bits per heavy atom. The molecular formula is C17H16N2O2. The Hall–Kier alpha value is -2.49. The minimum atomic E-state index is 0.590. The maximum Gasteiger partial charge on any atom is 0.163 e. The molecule has 2 heterocycles. The highest BCUT2D eigenvalue weighted by molar-refractivity contribution is 5.83. The molecule has 1 aliphatic rings. The van der Waals surface area contributed by atoms with Crippen LogP contribution in [-0.4, -0.2) is 23.2 Å². The Morgan fingerprint density at radius 3 is 2.57 bits per heavy atom. The van der Waals surface area contributed by atoms with Crippen LogP contribution in [0.2, 0.25) is 0 Å². The first-order valence-electron chi connectivity index (χ1n) is 7.08. The highest BCUT2D eigenvalue weighted by Crippen LogP contribution is 2.35. The van der Waals surface area contributed by atoms with Crippen LogP contribution in [0, 0.1) is 13.8 Å². The molecule has 0 unspecified atom stereocenters. The van der Waals surface area contributed by atoms with Crippen LogP contribution in [0.25, 0.3) is 22.4 Å². The highest BCUT2D eigenvalue weighted by Gasteiger charge is 2.15. The molecule has 4 heteroatoms. The topological polar surface area (TPSA) is 47.1 Å². The van der Waals surface area contributed by atoms with Gasteiger partial charge in [0.25, 0.3) is 0 Å². The van der Waals surface area contributed by atoms with Gasteiger partial charge in [-0.3, -0.25) is 0 Å². The van der Waals surface area contributed by atoms with E-state index >= 15 is 0 Å². The molecule has 0 saturated carbocycles. The van der Waals surface area contributed by atoms with Crippen LogP contribution in [0.3, 0.4) is 0 Å². The third kappa shape index (κ3) is 2.03. The zero-order valence-corrected chi connectivity index (χ0v) is 12.1. The summed E-state index contributed by atoms with van der Waals surface area (Å²) in [7, 11) is 0. The lowest BCUT2D eigenvalue weighted by Gasteiger charge is -2.17. The zero-order chi connectivity index (χ0) is 14.4. The predicted octanol–water partition coefficient (Wildman–Crippen LogP) is 3.62. The fourth-order valence-corrected chi connectivity index (χ4v) is 2.67.